The molecule has 0 unspecified atom stereocenters. The van der Waals surface area contributed by atoms with E-state index in [1.807, 2.05) is 18.3 Å². The average molecular weight is 339 g/mol. The molecular formula is C13H19BrN6. The Balaban J connectivity index is 1.52. The van der Waals surface area contributed by atoms with Crippen molar-refractivity contribution in [1.29, 1.82) is 0 Å². The number of rotatable bonds is 4. The first kappa shape index (κ1) is 13.8. The second-order valence-electron chi connectivity index (χ2n) is 5.16. The number of fused-ring (bicyclic) bond motifs is 1. The molecule has 3 rings (SSSR count). The van der Waals surface area contributed by atoms with Gasteiger partial charge in [-0.3, -0.25) is 4.90 Å². The number of piperazine rings is 1. The first-order valence-electron chi connectivity index (χ1n) is 6.87. The van der Waals surface area contributed by atoms with Crippen molar-refractivity contribution in [2.24, 2.45) is 0 Å². The Kier molecular flexibility index (Phi) is 4.18. The summed E-state index contributed by atoms with van der Waals surface area (Å²) in [7, 11) is 2.17. The summed E-state index contributed by atoms with van der Waals surface area (Å²) in [4.78, 5) is 9.28. The van der Waals surface area contributed by atoms with Crippen LogP contribution in [0.15, 0.2) is 22.8 Å². The fourth-order valence-electron chi connectivity index (χ4n) is 2.33. The summed E-state index contributed by atoms with van der Waals surface area (Å²) in [5, 5.41) is 7.70. The molecule has 0 aliphatic carbocycles. The van der Waals surface area contributed by atoms with Gasteiger partial charge in [-0.05, 0) is 35.1 Å². The maximum absolute atomic E-state index is 4.44. The molecule has 108 valence electrons. The Labute approximate surface area is 126 Å². The number of hydrogen-bond donors (Lipinski definition) is 1. The molecule has 0 amide bonds. The Morgan fingerprint density at radius 2 is 2.05 bits per heavy atom. The quantitative estimate of drug-likeness (QED) is 0.906. The van der Waals surface area contributed by atoms with E-state index in [2.05, 4.69) is 48.2 Å². The topological polar surface area (TPSA) is 48.7 Å². The zero-order valence-corrected chi connectivity index (χ0v) is 13.2. The minimum atomic E-state index is 0.692. The Morgan fingerprint density at radius 3 is 2.85 bits per heavy atom. The van der Waals surface area contributed by atoms with Crippen molar-refractivity contribution in [2.45, 2.75) is 0 Å². The van der Waals surface area contributed by atoms with Crippen molar-refractivity contribution >= 4 is 27.5 Å². The SMILES string of the molecule is CN1CCN(CCNc2nc3ccc(Br)cn3n2)CC1. The van der Waals surface area contributed by atoms with Gasteiger partial charge < -0.3 is 10.2 Å². The molecule has 2 aromatic heterocycles. The molecule has 3 heterocycles. The molecule has 1 fully saturated rings. The number of hydrogen-bond acceptors (Lipinski definition) is 5. The lowest BCUT2D eigenvalue weighted by molar-refractivity contribution is 0.158. The third kappa shape index (κ3) is 3.28. The highest BCUT2D eigenvalue weighted by Gasteiger charge is 2.13. The van der Waals surface area contributed by atoms with Crippen LogP contribution in [0.2, 0.25) is 0 Å². The van der Waals surface area contributed by atoms with E-state index in [9.17, 15) is 0 Å². The zero-order chi connectivity index (χ0) is 13.9. The molecule has 1 aliphatic rings. The predicted octanol–water partition coefficient (Wildman–Crippen LogP) is 1.15. The van der Waals surface area contributed by atoms with Crippen LogP contribution in [0.4, 0.5) is 5.95 Å². The van der Waals surface area contributed by atoms with E-state index < -0.39 is 0 Å². The number of anilines is 1. The van der Waals surface area contributed by atoms with Crippen molar-refractivity contribution in [3.63, 3.8) is 0 Å². The molecule has 0 atom stereocenters. The summed E-state index contributed by atoms with van der Waals surface area (Å²) in [5.41, 5.74) is 0.857. The van der Waals surface area contributed by atoms with E-state index in [0.717, 1.165) is 49.4 Å². The van der Waals surface area contributed by atoms with Crippen LogP contribution >= 0.6 is 15.9 Å². The van der Waals surface area contributed by atoms with Gasteiger partial charge in [0.1, 0.15) is 0 Å². The highest BCUT2D eigenvalue weighted by molar-refractivity contribution is 9.10. The molecule has 0 bridgehead atoms. The van der Waals surface area contributed by atoms with Crippen LogP contribution in [0.25, 0.3) is 5.65 Å². The summed E-state index contributed by atoms with van der Waals surface area (Å²) in [6, 6.07) is 3.92. The zero-order valence-electron chi connectivity index (χ0n) is 11.6. The smallest absolute Gasteiger partial charge is 0.243 e. The number of pyridine rings is 1. The van der Waals surface area contributed by atoms with Crippen LogP contribution in [-0.2, 0) is 0 Å². The van der Waals surface area contributed by atoms with E-state index in [-0.39, 0.29) is 0 Å². The maximum atomic E-state index is 4.44. The van der Waals surface area contributed by atoms with E-state index in [1.54, 1.807) is 4.52 Å². The number of halogens is 1. The second kappa shape index (κ2) is 6.07. The minimum Gasteiger partial charge on any atom is -0.352 e. The van der Waals surface area contributed by atoms with E-state index in [1.165, 1.54) is 0 Å². The molecule has 0 aromatic carbocycles. The summed E-state index contributed by atoms with van der Waals surface area (Å²) in [5.74, 6) is 0.692. The average Bonchev–Trinajstić information content (AvgIpc) is 2.83. The number of aromatic nitrogens is 3. The van der Waals surface area contributed by atoms with Gasteiger partial charge in [0.25, 0.3) is 0 Å². The van der Waals surface area contributed by atoms with Crippen molar-refractivity contribution in [2.75, 3.05) is 51.6 Å². The molecule has 1 N–H and O–H groups in total. The Hall–Kier alpha value is -1.18. The molecule has 7 heteroatoms. The fourth-order valence-corrected chi connectivity index (χ4v) is 2.66. The van der Waals surface area contributed by atoms with Crippen molar-refractivity contribution < 1.29 is 0 Å². The molecular weight excluding hydrogens is 320 g/mol. The van der Waals surface area contributed by atoms with Crippen LogP contribution in [0.5, 0.6) is 0 Å². The van der Waals surface area contributed by atoms with Gasteiger partial charge in [0, 0.05) is 49.9 Å². The largest absolute Gasteiger partial charge is 0.352 e. The summed E-state index contributed by atoms with van der Waals surface area (Å²) in [6.45, 7) is 6.50. The molecule has 0 saturated carbocycles. The van der Waals surface area contributed by atoms with Crippen LogP contribution in [-0.4, -0.2) is 70.7 Å². The molecule has 1 saturated heterocycles. The number of nitrogens with one attached hydrogen (secondary N) is 1. The van der Waals surface area contributed by atoms with Gasteiger partial charge >= 0.3 is 0 Å². The molecule has 0 radical (unpaired) electrons. The lowest BCUT2D eigenvalue weighted by atomic mass is 10.3. The summed E-state index contributed by atoms with van der Waals surface area (Å²) in [6.07, 6.45) is 1.91. The molecule has 2 aromatic rings. The van der Waals surface area contributed by atoms with Crippen molar-refractivity contribution in [3.8, 4) is 0 Å². The fraction of sp³-hybridized carbons (Fsp3) is 0.538. The lowest BCUT2D eigenvalue weighted by Gasteiger charge is -2.32. The van der Waals surface area contributed by atoms with Gasteiger partial charge in [-0.1, -0.05) is 0 Å². The van der Waals surface area contributed by atoms with Gasteiger partial charge in [-0.2, -0.15) is 4.98 Å². The van der Waals surface area contributed by atoms with Gasteiger partial charge in [0.15, 0.2) is 5.65 Å². The number of likely N-dealkylation sites (N-methyl/N-ethyl adjacent to an activating group) is 1. The van der Waals surface area contributed by atoms with Crippen LogP contribution in [0.3, 0.4) is 0 Å². The van der Waals surface area contributed by atoms with Crippen molar-refractivity contribution in [1.82, 2.24) is 24.4 Å². The maximum Gasteiger partial charge on any atom is 0.243 e. The number of nitrogens with zero attached hydrogens (tertiary/aromatic N) is 5. The van der Waals surface area contributed by atoms with Gasteiger partial charge in [0.05, 0.1) is 0 Å². The lowest BCUT2D eigenvalue weighted by Crippen LogP contribution is -2.45. The molecule has 6 nitrogen and oxygen atoms in total. The molecule has 0 spiro atoms. The predicted molar refractivity (Wildman–Crippen MR) is 83.1 cm³/mol. The van der Waals surface area contributed by atoms with E-state index in [0.29, 0.717) is 5.95 Å². The highest BCUT2D eigenvalue weighted by atomic mass is 79.9. The standard InChI is InChI=1S/C13H19BrN6/c1-18-6-8-19(9-7-18)5-4-15-13-16-12-3-2-11(14)10-20(12)17-13/h2-3,10H,4-9H2,1H3,(H,15,17). The van der Waals surface area contributed by atoms with Gasteiger partial charge in [0.2, 0.25) is 5.95 Å². The monoisotopic (exact) mass is 338 g/mol. The minimum absolute atomic E-state index is 0.692. The van der Waals surface area contributed by atoms with E-state index in [4.69, 9.17) is 0 Å². The Morgan fingerprint density at radius 1 is 1.25 bits per heavy atom. The Bertz CT molecular complexity index is 575. The normalized spacial score (nSPS) is 17.7. The summed E-state index contributed by atoms with van der Waals surface area (Å²) >= 11 is 3.43. The highest BCUT2D eigenvalue weighted by Crippen LogP contribution is 2.12. The van der Waals surface area contributed by atoms with Gasteiger partial charge in [-0.15, -0.1) is 5.10 Å². The first-order valence-corrected chi connectivity index (χ1v) is 7.67. The molecule has 1 aliphatic heterocycles. The molecule has 20 heavy (non-hydrogen) atoms. The van der Waals surface area contributed by atoms with E-state index >= 15 is 0 Å². The second-order valence-corrected chi connectivity index (χ2v) is 6.07. The van der Waals surface area contributed by atoms with Crippen LogP contribution < -0.4 is 5.32 Å². The van der Waals surface area contributed by atoms with Crippen LogP contribution in [0, 0.1) is 0 Å². The van der Waals surface area contributed by atoms with Gasteiger partial charge in [-0.25, -0.2) is 4.52 Å². The summed E-state index contributed by atoms with van der Waals surface area (Å²) < 4.78 is 2.78. The third-order valence-electron chi connectivity index (χ3n) is 3.60. The first-order chi connectivity index (χ1) is 9.70. The third-order valence-corrected chi connectivity index (χ3v) is 4.07. The van der Waals surface area contributed by atoms with Crippen molar-refractivity contribution in [3.05, 3.63) is 22.8 Å². The van der Waals surface area contributed by atoms with Crippen LogP contribution in [0.1, 0.15) is 0 Å².